The Kier molecular flexibility index (Phi) is 4.59. The summed E-state index contributed by atoms with van der Waals surface area (Å²) in [4.78, 5) is 8.68. The van der Waals surface area contributed by atoms with Gasteiger partial charge in [-0.15, -0.1) is 0 Å². The molecule has 0 saturated heterocycles. The Morgan fingerprint density at radius 3 is 2.65 bits per heavy atom. The zero-order valence-corrected chi connectivity index (χ0v) is 15.2. The maximum absolute atomic E-state index is 9.31. The summed E-state index contributed by atoms with van der Waals surface area (Å²) in [6.07, 6.45) is 1.65. The van der Waals surface area contributed by atoms with Crippen molar-refractivity contribution in [1.29, 1.82) is 5.26 Å². The van der Waals surface area contributed by atoms with Crippen LogP contribution in [-0.2, 0) is 5.41 Å². The number of nitrogens with zero attached hydrogens (tertiary/aromatic N) is 4. The lowest BCUT2D eigenvalue weighted by Gasteiger charge is -2.17. The minimum absolute atomic E-state index is 0.441. The number of hydrogen-bond donors (Lipinski definition) is 2. The van der Waals surface area contributed by atoms with Gasteiger partial charge in [0.05, 0.1) is 17.2 Å². The number of hydrogen-bond acceptors (Lipinski definition) is 7. The van der Waals surface area contributed by atoms with Crippen LogP contribution in [0.2, 0.25) is 0 Å². The minimum Gasteiger partial charge on any atom is -0.338 e. The number of benzene rings is 1. The molecule has 0 spiro atoms. The summed E-state index contributed by atoms with van der Waals surface area (Å²) in [5, 5.41) is 19.5. The molecule has 1 aromatic carbocycles. The van der Waals surface area contributed by atoms with Gasteiger partial charge in [-0.05, 0) is 51.5 Å². The van der Waals surface area contributed by atoms with E-state index in [0.29, 0.717) is 17.7 Å². The van der Waals surface area contributed by atoms with Crippen LogP contribution in [0.15, 0.2) is 41.1 Å². The Bertz CT molecular complexity index is 970. The number of anilines is 4. The van der Waals surface area contributed by atoms with Crippen molar-refractivity contribution in [3.8, 4) is 6.07 Å². The van der Waals surface area contributed by atoms with Gasteiger partial charge in [0.2, 0.25) is 11.8 Å². The summed E-state index contributed by atoms with van der Waals surface area (Å²) < 4.78 is 5.25. The van der Waals surface area contributed by atoms with Gasteiger partial charge in [0.1, 0.15) is 5.82 Å². The van der Waals surface area contributed by atoms with Gasteiger partial charge >= 0.3 is 0 Å². The van der Waals surface area contributed by atoms with Crippen LogP contribution in [0.4, 0.5) is 23.3 Å². The second-order valence-corrected chi connectivity index (χ2v) is 6.56. The maximum Gasteiger partial charge on any atom is 0.233 e. The number of aryl methyl sites for hydroxylation is 1. The highest BCUT2D eigenvalue weighted by Crippen LogP contribution is 2.26. The standard InChI is InChI=1S/C19H20N6O/c1-12-13(2)25-26-17(12)23-16-8-9-21-18(24-16)22-15-7-5-6-14(10-15)19(3,4)11-20/h5-10H,1-4H3,(H2,21,22,23,24). The summed E-state index contributed by atoms with van der Waals surface area (Å²) in [5.74, 6) is 1.59. The van der Waals surface area contributed by atoms with Crippen molar-refractivity contribution in [2.24, 2.45) is 0 Å². The highest BCUT2D eigenvalue weighted by atomic mass is 16.5. The Morgan fingerprint density at radius 2 is 1.96 bits per heavy atom. The van der Waals surface area contributed by atoms with Crippen LogP contribution >= 0.6 is 0 Å². The van der Waals surface area contributed by atoms with Gasteiger partial charge in [-0.3, -0.25) is 0 Å². The van der Waals surface area contributed by atoms with E-state index in [4.69, 9.17) is 4.52 Å². The molecule has 2 heterocycles. The van der Waals surface area contributed by atoms with Crippen molar-refractivity contribution in [3.63, 3.8) is 0 Å². The van der Waals surface area contributed by atoms with Crippen LogP contribution in [0, 0.1) is 25.2 Å². The Balaban J connectivity index is 1.80. The Hall–Kier alpha value is -3.40. The number of nitrogens with one attached hydrogen (secondary N) is 2. The van der Waals surface area contributed by atoms with E-state index in [1.54, 1.807) is 12.3 Å². The first-order chi connectivity index (χ1) is 12.4. The highest BCUT2D eigenvalue weighted by Gasteiger charge is 2.19. The van der Waals surface area contributed by atoms with E-state index in [1.165, 1.54) is 0 Å². The maximum atomic E-state index is 9.31. The van der Waals surface area contributed by atoms with Gasteiger partial charge < -0.3 is 15.2 Å². The number of rotatable bonds is 5. The van der Waals surface area contributed by atoms with Gasteiger partial charge in [-0.1, -0.05) is 17.3 Å². The van der Waals surface area contributed by atoms with E-state index in [1.807, 2.05) is 52.0 Å². The van der Waals surface area contributed by atoms with E-state index >= 15 is 0 Å². The first-order valence-electron chi connectivity index (χ1n) is 8.21. The lowest BCUT2D eigenvalue weighted by molar-refractivity contribution is 0.429. The van der Waals surface area contributed by atoms with Crippen molar-refractivity contribution >= 4 is 23.3 Å². The van der Waals surface area contributed by atoms with Gasteiger partial charge in [-0.2, -0.15) is 10.2 Å². The topological polar surface area (TPSA) is 99.7 Å². The smallest absolute Gasteiger partial charge is 0.233 e. The predicted molar refractivity (Wildman–Crippen MR) is 99.7 cm³/mol. The first kappa shape index (κ1) is 17.4. The Morgan fingerprint density at radius 1 is 1.15 bits per heavy atom. The van der Waals surface area contributed by atoms with Crippen LogP contribution in [0.5, 0.6) is 0 Å². The fourth-order valence-corrected chi connectivity index (χ4v) is 2.32. The molecular formula is C19H20N6O. The molecule has 2 N–H and O–H groups in total. The monoisotopic (exact) mass is 348 g/mol. The molecule has 0 aliphatic rings. The zero-order chi connectivity index (χ0) is 18.7. The molecule has 0 aliphatic carbocycles. The van der Waals surface area contributed by atoms with Crippen molar-refractivity contribution < 1.29 is 4.52 Å². The van der Waals surface area contributed by atoms with Crippen LogP contribution in [0.3, 0.4) is 0 Å². The quantitative estimate of drug-likeness (QED) is 0.706. The molecule has 3 rings (SSSR count). The molecule has 0 saturated carbocycles. The van der Waals surface area contributed by atoms with Crippen LogP contribution < -0.4 is 10.6 Å². The van der Waals surface area contributed by atoms with Crippen LogP contribution in [0.25, 0.3) is 0 Å². The van der Waals surface area contributed by atoms with Crippen LogP contribution in [-0.4, -0.2) is 15.1 Å². The molecule has 7 nitrogen and oxygen atoms in total. The summed E-state index contributed by atoms with van der Waals surface area (Å²) in [7, 11) is 0. The molecule has 0 unspecified atom stereocenters. The average molecular weight is 348 g/mol. The van der Waals surface area contributed by atoms with Gasteiger partial charge in [0.15, 0.2) is 0 Å². The number of aromatic nitrogens is 3. The van der Waals surface area contributed by atoms with Crippen molar-refractivity contribution in [3.05, 3.63) is 53.3 Å². The van der Waals surface area contributed by atoms with Gasteiger partial charge in [-0.25, -0.2) is 4.98 Å². The fraction of sp³-hybridized carbons (Fsp3) is 0.263. The molecule has 0 amide bonds. The minimum atomic E-state index is -0.566. The lowest BCUT2D eigenvalue weighted by atomic mass is 9.86. The van der Waals surface area contributed by atoms with E-state index in [2.05, 4.69) is 31.8 Å². The molecule has 7 heteroatoms. The van der Waals surface area contributed by atoms with Crippen molar-refractivity contribution in [2.45, 2.75) is 33.1 Å². The SMILES string of the molecule is Cc1noc(Nc2ccnc(Nc3cccc(C(C)(C)C#N)c3)n2)c1C. The normalized spacial score (nSPS) is 11.0. The van der Waals surface area contributed by atoms with Gasteiger partial charge in [0.25, 0.3) is 0 Å². The largest absolute Gasteiger partial charge is 0.338 e. The van der Waals surface area contributed by atoms with Gasteiger partial charge in [0, 0.05) is 17.4 Å². The molecule has 0 atom stereocenters. The molecule has 2 aromatic heterocycles. The molecule has 26 heavy (non-hydrogen) atoms. The number of nitriles is 1. The van der Waals surface area contributed by atoms with E-state index in [9.17, 15) is 5.26 Å². The first-order valence-corrected chi connectivity index (χ1v) is 8.21. The van der Waals surface area contributed by atoms with Crippen molar-refractivity contribution in [2.75, 3.05) is 10.6 Å². The molecule has 0 radical (unpaired) electrons. The highest BCUT2D eigenvalue weighted by molar-refractivity contribution is 5.59. The van der Waals surface area contributed by atoms with E-state index in [0.717, 1.165) is 22.5 Å². The molecular weight excluding hydrogens is 328 g/mol. The second kappa shape index (κ2) is 6.84. The predicted octanol–water partition coefficient (Wildman–Crippen LogP) is 4.37. The third-order valence-electron chi connectivity index (χ3n) is 4.17. The molecule has 0 bridgehead atoms. The summed E-state index contributed by atoms with van der Waals surface area (Å²) >= 11 is 0. The molecule has 0 fully saturated rings. The summed E-state index contributed by atoms with van der Waals surface area (Å²) in [5.41, 5.74) is 2.94. The third-order valence-corrected chi connectivity index (χ3v) is 4.17. The van der Waals surface area contributed by atoms with E-state index in [-0.39, 0.29) is 0 Å². The third kappa shape index (κ3) is 3.64. The zero-order valence-electron chi connectivity index (χ0n) is 15.2. The van der Waals surface area contributed by atoms with Crippen LogP contribution in [0.1, 0.15) is 30.7 Å². The van der Waals surface area contributed by atoms with Crippen molar-refractivity contribution in [1.82, 2.24) is 15.1 Å². The molecule has 3 aromatic rings. The lowest BCUT2D eigenvalue weighted by Crippen LogP contribution is -2.13. The summed E-state index contributed by atoms with van der Waals surface area (Å²) in [6, 6.07) is 11.7. The molecule has 0 aliphatic heterocycles. The Labute approximate surface area is 152 Å². The van der Waals surface area contributed by atoms with E-state index < -0.39 is 5.41 Å². The molecule has 132 valence electrons. The summed E-state index contributed by atoms with van der Waals surface area (Å²) in [6.45, 7) is 7.58. The average Bonchev–Trinajstić information content (AvgIpc) is 2.94. The second-order valence-electron chi connectivity index (χ2n) is 6.56. The fourth-order valence-electron chi connectivity index (χ4n) is 2.32.